The molecule has 6 heteroatoms. The van der Waals surface area contributed by atoms with Crippen molar-refractivity contribution < 1.29 is 17.9 Å². The predicted molar refractivity (Wildman–Crippen MR) is 72.8 cm³/mol. The van der Waals surface area contributed by atoms with Crippen molar-refractivity contribution >= 4 is 21.5 Å². The van der Waals surface area contributed by atoms with E-state index in [9.17, 15) is 13.2 Å². The van der Waals surface area contributed by atoms with Gasteiger partial charge in [-0.2, -0.15) is 0 Å². The number of Topliss-reactive ketones (excluding diaryl/α,β-unsaturated/α-hetero) is 1. The molecular weight excluding hydrogens is 266 g/mol. The topological polar surface area (TPSA) is 72.5 Å². The fraction of sp³-hybridized carbons (Fsp3) is 0.462. The van der Waals surface area contributed by atoms with Gasteiger partial charge in [0.1, 0.15) is 6.10 Å². The van der Waals surface area contributed by atoms with Crippen molar-refractivity contribution in [1.82, 2.24) is 0 Å². The maximum absolute atomic E-state index is 12.2. The van der Waals surface area contributed by atoms with Crippen LogP contribution in [0.4, 0.5) is 5.69 Å². The summed E-state index contributed by atoms with van der Waals surface area (Å²) in [4.78, 5) is 12.2. The molecule has 1 aliphatic heterocycles. The van der Waals surface area contributed by atoms with Gasteiger partial charge in [-0.3, -0.25) is 9.52 Å². The van der Waals surface area contributed by atoms with Gasteiger partial charge in [0.25, 0.3) is 0 Å². The molecule has 0 spiro atoms. The predicted octanol–water partition coefficient (Wildman–Crippen LogP) is 1.67. The van der Waals surface area contributed by atoms with Crippen LogP contribution in [0.3, 0.4) is 0 Å². The SMILES string of the molecule is CC1CCOC1C(=O)c1ccc(NS(C)(=O)=O)cc1. The Balaban J connectivity index is 2.12. The number of carbonyl (C=O) groups is 1. The van der Waals surface area contributed by atoms with Crippen LogP contribution in [-0.4, -0.2) is 33.2 Å². The molecule has 2 unspecified atom stereocenters. The number of ketones is 1. The lowest BCUT2D eigenvalue weighted by molar-refractivity contribution is 0.0579. The molecule has 0 bridgehead atoms. The third-order valence-electron chi connectivity index (χ3n) is 3.12. The van der Waals surface area contributed by atoms with E-state index >= 15 is 0 Å². The molecule has 0 amide bonds. The first kappa shape index (κ1) is 14.0. The van der Waals surface area contributed by atoms with E-state index in [1.807, 2.05) is 6.92 Å². The lowest BCUT2D eigenvalue weighted by Gasteiger charge is -2.13. The zero-order valence-electron chi connectivity index (χ0n) is 10.9. The van der Waals surface area contributed by atoms with Crippen molar-refractivity contribution in [1.29, 1.82) is 0 Å². The molecule has 1 aliphatic rings. The highest BCUT2D eigenvalue weighted by Crippen LogP contribution is 2.24. The van der Waals surface area contributed by atoms with Crippen molar-refractivity contribution in [3.8, 4) is 0 Å². The molecule has 1 aromatic carbocycles. The first-order valence-corrected chi connectivity index (χ1v) is 7.99. The quantitative estimate of drug-likeness (QED) is 0.853. The van der Waals surface area contributed by atoms with Crippen LogP contribution in [0.2, 0.25) is 0 Å². The van der Waals surface area contributed by atoms with E-state index in [-0.39, 0.29) is 17.8 Å². The highest BCUT2D eigenvalue weighted by Gasteiger charge is 2.31. The summed E-state index contributed by atoms with van der Waals surface area (Å²) < 4.78 is 29.9. The minimum atomic E-state index is -3.29. The fourth-order valence-electron chi connectivity index (χ4n) is 2.11. The van der Waals surface area contributed by atoms with Crippen LogP contribution >= 0.6 is 0 Å². The van der Waals surface area contributed by atoms with Crippen molar-refractivity contribution in [2.24, 2.45) is 5.92 Å². The first-order valence-electron chi connectivity index (χ1n) is 6.10. The normalized spacial score (nSPS) is 23.3. The van der Waals surface area contributed by atoms with Gasteiger partial charge in [-0.25, -0.2) is 8.42 Å². The second-order valence-corrected chi connectivity index (χ2v) is 6.62. The Morgan fingerprint density at radius 2 is 1.95 bits per heavy atom. The van der Waals surface area contributed by atoms with Gasteiger partial charge in [0.2, 0.25) is 10.0 Å². The zero-order chi connectivity index (χ0) is 14.0. The molecule has 1 aromatic rings. The molecule has 2 rings (SSSR count). The highest BCUT2D eigenvalue weighted by molar-refractivity contribution is 7.92. The van der Waals surface area contributed by atoms with Gasteiger partial charge < -0.3 is 4.74 Å². The summed E-state index contributed by atoms with van der Waals surface area (Å²) in [6, 6.07) is 6.39. The van der Waals surface area contributed by atoms with Gasteiger partial charge in [0.05, 0.1) is 6.26 Å². The molecule has 0 aromatic heterocycles. The van der Waals surface area contributed by atoms with E-state index in [0.29, 0.717) is 17.9 Å². The third kappa shape index (κ3) is 3.54. The smallest absolute Gasteiger partial charge is 0.229 e. The van der Waals surface area contributed by atoms with Gasteiger partial charge >= 0.3 is 0 Å². The Labute approximate surface area is 113 Å². The van der Waals surface area contributed by atoms with Crippen LogP contribution in [0.1, 0.15) is 23.7 Å². The number of benzene rings is 1. The van der Waals surface area contributed by atoms with E-state index in [1.54, 1.807) is 24.3 Å². The van der Waals surface area contributed by atoms with Crippen molar-refractivity contribution in [2.75, 3.05) is 17.6 Å². The average molecular weight is 283 g/mol. The summed E-state index contributed by atoms with van der Waals surface area (Å²) in [7, 11) is -3.29. The number of rotatable bonds is 4. The number of nitrogens with one attached hydrogen (secondary N) is 1. The molecule has 1 N–H and O–H groups in total. The minimum Gasteiger partial charge on any atom is -0.370 e. The maximum atomic E-state index is 12.2. The minimum absolute atomic E-state index is 0.0455. The Hall–Kier alpha value is -1.40. The van der Waals surface area contributed by atoms with E-state index in [2.05, 4.69) is 4.72 Å². The van der Waals surface area contributed by atoms with Crippen LogP contribution in [0.15, 0.2) is 24.3 Å². The van der Waals surface area contributed by atoms with Crippen LogP contribution in [-0.2, 0) is 14.8 Å². The molecule has 2 atom stereocenters. The fourth-order valence-corrected chi connectivity index (χ4v) is 2.68. The summed E-state index contributed by atoms with van der Waals surface area (Å²) >= 11 is 0. The summed E-state index contributed by atoms with van der Waals surface area (Å²) in [5, 5.41) is 0. The molecule has 104 valence electrons. The molecular formula is C13H17NO4S. The van der Waals surface area contributed by atoms with Gasteiger partial charge in [-0.05, 0) is 36.6 Å². The Morgan fingerprint density at radius 3 is 2.42 bits per heavy atom. The van der Waals surface area contributed by atoms with Gasteiger partial charge in [0, 0.05) is 17.9 Å². The molecule has 1 heterocycles. The van der Waals surface area contributed by atoms with Crippen LogP contribution in [0, 0.1) is 5.92 Å². The van der Waals surface area contributed by atoms with E-state index in [4.69, 9.17) is 4.74 Å². The molecule has 0 aliphatic carbocycles. The summed E-state index contributed by atoms with van der Waals surface area (Å²) in [6.45, 7) is 2.61. The highest BCUT2D eigenvalue weighted by atomic mass is 32.2. The molecule has 5 nitrogen and oxygen atoms in total. The van der Waals surface area contributed by atoms with Gasteiger partial charge in [-0.1, -0.05) is 6.92 Å². The third-order valence-corrected chi connectivity index (χ3v) is 3.72. The number of ether oxygens (including phenoxy) is 1. The lowest BCUT2D eigenvalue weighted by Crippen LogP contribution is -2.25. The number of sulfonamides is 1. The lowest BCUT2D eigenvalue weighted by atomic mass is 9.96. The zero-order valence-corrected chi connectivity index (χ0v) is 11.7. The monoisotopic (exact) mass is 283 g/mol. The average Bonchev–Trinajstić information content (AvgIpc) is 2.73. The van der Waals surface area contributed by atoms with Gasteiger partial charge in [0.15, 0.2) is 5.78 Å². The Bertz CT molecular complexity index is 565. The molecule has 0 radical (unpaired) electrons. The number of hydrogen-bond donors (Lipinski definition) is 1. The summed E-state index contributed by atoms with van der Waals surface area (Å²) in [5.74, 6) is 0.178. The van der Waals surface area contributed by atoms with Crippen molar-refractivity contribution in [3.05, 3.63) is 29.8 Å². The number of anilines is 1. The van der Waals surface area contributed by atoms with Crippen molar-refractivity contribution in [3.63, 3.8) is 0 Å². The largest absolute Gasteiger partial charge is 0.370 e. The summed E-state index contributed by atoms with van der Waals surface area (Å²) in [5.41, 5.74) is 0.984. The summed E-state index contributed by atoms with van der Waals surface area (Å²) in [6.07, 6.45) is 1.60. The van der Waals surface area contributed by atoms with Crippen LogP contribution in [0.25, 0.3) is 0 Å². The van der Waals surface area contributed by atoms with Crippen LogP contribution in [0.5, 0.6) is 0 Å². The Kier molecular flexibility index (Phi) is 3.91. The molecule has 1 saturated heterocycles. The van der Waals surface area contributed by atoms with E-state index < -0.39 is 10.0 Å². The first-order chi connectivity index (χ1) is 8.87. The number of hydrogen-bond acceptors (Lipinski definition) is 4. The number of carbonyl (C=O) groups excluding carboxylic acids is 1. The second kappa shape index (κ2) is 5.30. The van der Waals surface area contributed by atoms with Gasteiger partial charge in [-0.15, -0.1) is 0 Å². The van der Waals surface area contributed by atoms with Crippen molar-refractivity contribution in [2.45, 2.75) is 19.4 Å². The molecule has 1 fully saturated rings. The Morgan fingerprint density at radius 1 is 1.32 bits per heavy atom. The second-order valence-electron chi connectivity index (χ2n) is 4.87. The van der Waals surface area contributed by atoms with E-state index in [0.717, 1.165) is 12.7 Å². The maximum Gasteiger partial charge on any atom is 0.229 e. The molecule has 19 heavy (non-hydrogen) atoms. The molecule has 0 saturated carbocycles. The van der Waals surface area contributed by atoms with Crippen LogP contribution < -0.4 is 4.72 Å². The standard InChI is InChI=1S/C13H17NO4S/c1-9-7-8-18-13(9)12(15)10-3-5-11(6-4-10)14-19(2,16)17/h3-6,9,13-14H,7-8H2,1-2H3. The van der Waals surface area contributed by atoms with E-state index in [1.165, 1.54) is 0 Å².